The Bertz CT molecular complexity index is 1550. The van der Waals surface area contributed by atoms with E-state index in [1.807, 2.05) is 4.90 Å². The Labute approximate surface area is 238 Å². The monoisotopic (exact) mass is 592 g/mol. The average Bonchev–Trinajstić information content (AvgIpc) is 3.30. The first kappa shape index (κ1) is 30.6. The fourth-order valence-corrected chi connectivity index (χ4v) is 4.93. The van der Waals surface area contributed by atoms with E-state index < -0.39 is 48.3 Å². The summed E-state index contributed by atoms with van der Waals surface area (Å²) in [5, 5.41) is 17.8. The maximum absolute atomic E-state index is 14.8. The summed E-state index contributed by atoms with van der Waals surface area (Å²) in [7, 11) is 3.09. The molecule has 2 amide bonds. The summed E-state index contributed by atoms with van der Waals surface area (Å²) < 4.78 is 69.6. The number of aromatic hydroxyl groups is 1. The van der Waals surface area contributed by atoms with E-state index in [-0.39, 0.29) is 52.4 Å². The standard InChI is InChI=1S/C28H29F5N6O3/c1-15-11-38(3)12-20(30)24(15)37-27(42)18-7-16(8-22-25(18)36-14-39(22)13-28(31,32)33)5-4-6-35-21-10-19(29)17(9-23(21)40)26(41)34-2/h7-10,14-15,20,24,35,40H,6,11-13H2,1-3H3,(H,34,41)(H,37,42)/t15-,20-,24+/m0/s1. The van der Waals surface area contributed by atoms with Crippen LogP contribution in [0.15, 0.2) is 30.6 Å². The van der Waals surface area contributed by atoms with Crippen LogP contribution in [-0.2, 0) is 6.54 Å². The number of likely N-dealkylation sites (tertiary alicyclic amines) is 1. The Balaban J connectivity index is 1.62. The lowest BCUT2D eigenvalue weighted by atomic mass is 9.92. The molecule has 1 aliphatic rings. The Morgan fingerprint density at radius 3 is 2.55 bits per heavy atom. The molecule has 1 fully saturated rings. The minimum absolute atomic E-state index is 0.00742. The zero-order valence-corrected chi connectivity index (χ0v) is 22.9. The molecular formula is C28H29F5N6O3. The molecule has 3 aromatic rings. The van der Waals surface area contributed by atoms with Gasteiger partial charge in [0.2, 0.25) is 0 Å². The lowest BCUT2D eigenvalue weighted by molar-refractivity contribution is -0.139. The van der Waals surface area contributed by atoms with Gasteiger partial charge < -0.3 is 30.5 Å². The van der Waals surface area contributed by atoms with E-state index >= 15 is 0 Å². The molecule has 1 aromatic heterocycles. The second-order valence-corrected chi connectivity index (χ2v) is 10.2. The SMILES string of the molecule is CNC(=O)c1cc(O)c(NCC#Cc2cc(C(=O)N[C@@H]3[C@@H](C)CN(C)C[C@@H]3F)c3ncn(CC(F)(F)F)c3c2)cc1F. The minimum Gasteiger partial charge on any atom is -0.506 e. The number of alkyl halides is 4. The van der Waals surface area contributed by atoms with Crippen molar-refractivity contribution in [2.75, 3.05) is 39.0 Å². The fraction of sp³-hybridized carbons (Fsp3) is 0.393. The van der Waals surface area contributed by atoms with Crippen LogP contribution in [0.4, 0.5) is 27.6 Å². The summed E-state index contributed by atoms with van der Waals surface area (Å²) in [5.74, 6) is 2.55. The molecule has 0 spiro atoms. The van der Waals surface area contributed by atoms with Crippen molar-refractivity contribution in [2.45, 2.75) is 31.9 Å². The molecule has 0 aliphatic carbocycles. The van der Waals surface area contributed by atoms with Crippen molar-refractivity contribution in [1.82, 2.24) is 25.1 Å². The smallest absolute Gasteiger partial charge is 0.406 e. The molecule has 0 bridgehead atoms. The molecule has 0 saturated carbocycles. The second kappa shape index (κ2) is 12.2. The summed E-state index contributed by atoms with van der Waals surface area (Å²) >= 11 is 0. The van der Waals surface area contributed by atoms with Gasteiger partial charge in [-0.1, -0.05) is 18.8 Å². The Morgan fingerprint density at radius 1 is 1.14 bits per heavy atom. The van der Waals surface area contributed by atoms with Gasteiger partial charge in [0.1, 0.15) is 29.8 Å². The molecular weight excluding hydrogens is 563 g/mol. The molecule has 4 N–H and O–H groups in total. The first-order valence-corrected chi connectivity index (χ1v) is 12.9. The van der Waals surface area contributed by atoms with Crippen molar-refractivity contribution >= 4 is 28.5 Å². The number of piperidine rings is 1. The van der Waals surface area contributed by atoms with Crippen LogP contribution in [0.1, 0.15) is 33.2 Å². The van der Waals surface area contributed by atoms with Gasteiger partial charge in [0.15, 0.2) is 0 Å². The number of anilines is 1. The number of hydrogen-bond donors (Lipinski definition) is 4. The third-order valence-corrected chi connectivity index (χ3v) is 6.86. The minimum atomic E-state index is -4.56. The number of phenols is 1. The molecule has 224 valence electrons. The molecule has 3 atom stereocenters. The molecule has 2 heterocycles. The van der Waals surface area contributed by atoms with Gasteiger partial charge >= 0.3 is 6.18 Å². The highest BCUT2D eigenvalue weighted by Crippen LogP contribution is 2.28. The van der Waals surface area contributed by atoms with Gasteiger partial charge in [-0.2, -0.15) is 13.2 Å². The van der Waals surface area contributed by atoms with Gasteiger partial charge in [0, 0.05) is 31.8 Å². The van der Waals surface area contributed by atoms with Gasteiger partial charge in [-0.25, -0.2) is 13.8 Å². The van der Waals surface area contributed by atoms with Crippen molar-refractivity contribution in [3.05, 3.63) is 53.1 Å². The quantitative estimate of drug-likeness (QED) is 0.199. The molecule has 0 radical (unpaired) electrons. The van der Waals surface area contributed by atoms with Crippen LogP contribution in [0.2, 0.25) is 0 Å². The maximum atomic E-state index is 14.8. The van der Waals surface area contributed by atoms with E-state index in [4.69, 9.17) is 0 Å². The average molecular weight is 593 g/mol. The number of halogens is 5. The highest BCUT2D eigenvalue weighted by atomic mass is 19.4. The number of benzene rings is 2. The summed E-state index contributed by atoms with van der Waals surface area (Å²) in [6.45, 7) is 0.985. The zero-order chi connectivity index (χ0) is 30.8. The lowest BCUT2D eigenvalue weighted by Crippen LogP contribution is -2.56. The zero-order valence-electron chi connectivity index (χ0n) is 22.9. The number of carbonyl (C=O) groups is 2. The van der Waals surface area contributed by atoms with Crippen molar-refractivity contribution < 1.29 is 36.6 Å². The summed E-state index contributed by atoms with van der Waals surface area (Å²) in [6.07, 6.45) is -4.93. The normalized spacial score (nSPS) is 19.2. The van der Waals surface area contributed by atoms with Crippen LogP contribution in [-0.4, -0.2) is 83.5 Å². The summed E-state index contributed by atoms with van der Waals surface area (Å²) in [4.78, 5) is 30.9. The highest BCUT2D eigenvalue weighted by molar-refractivity contribution is 6.05. The highest BCUT2D eigenvalue weighted by Gasteiger charge is 2.35. The molecule has 42 heavy (non-hydrogen) atoms. The van der Waals surface area contributed by atoms with Crippen LogP contribution in [0.3, 0.4) is 0 Å². The van der Waals surface area contributed by atoms with Crippen LogP contribution < -0.4 is 16.0 Å². The largest absolute Gasteiger partial charge is 0.506 e. The van der Waals surface area contributed by atoms with Crippen molar-refractivity contribution in [3.63, 3.8) is 0 Å². The lowest BCUT2D eigenvalue weighted by Gasteiger charge is -2.37. The van der Waals surface area contributed by atoms with Crippen LogP contribution in [0, 0.1) is 23.6 Å². The van der Waals surface area contributed by atoms with Gasteiger partial charge in [-0.3, -0.25) is 9.59 Å². The molecule has 1 saturated heterocycles. The van der Waals surface area contributed by atoms with E-state index in [0.717, 1.165) is 23.0 Å². The van der Waals surface area contributed by atoms with E-state index in [9.17, 15) is 36.6 Å². The van der Waals surface area contributed by atoms with Gasteiger partial charge in [0.25, 0.3) is 11.8 Å². The predicted octanol–water partition coefficient (Wildman–Crippen LogP) is 3.28. The van der Waals surface area contributed by atoms with Crippen LogP contribution in [0.5, 0.6) is 5.75 Å². The molecule has 9 nitrogen and oxygen atoms in total. The number of amides is 2. The third-order valence-electron chi connectivity index (χ3n) is 6.86. The van der Waals surface area contributed by atoms with Crippen LogP contribution in [0.25, 0.3) is 11.0 Å². The van der Waals surface area contributed by atoms with Gasteiger partial charge in [0.05, 0.1) is 41.2 Å². The Hall–Kier alpha value is -4.38. The maximum Gasteiger partial charge on any atom is 0.406 e. The van der Waals surface area contributed by atoms with Crippen molar-refractivity contribution in [2.24, 2.45) is 5.92 Å². The first-order valence-electron chi connectivity index (χ1n) is 12.9. The summed E-state index contributed by atoms with van der Waals surface area (Å²) in [5.41, 5.74) is -0.260. The number of fused-ring (bicyclic) bond motifs is 1. The van der Waals surface area contributed by atoms with Gasteiger partial charge in [-0.15, -0.1) is 0 Å². The van der Waals surface area contributed by atoms with Crippen molar-refractivity contribution in [1.29, 1.82) is 0 Å². The Kier molecular flexibility index (Phi) is 8.91. The van der Waals surface area contributed by atoms with E-state index in [2.05, 4.69) is 32.8 Å². The number of hydrogen-bond acceptors (Lipinski definition) is 6. The third kappa shape index (κ3) is 6.91. The molecule has 1 aliphatic heterocycles. The second-order valence-electron chi connectivity index (χ2n) is 10.2. The van der Waals surface area contributed by atoms with Gasteiger partial charge in [-0.05, 0) is 31.2 Å². The number of imidazole rings is 1. The number of carbonyl (C=O) groups excluding carboxylic acids is 2. The number of phenolic OH excluding ortho intramolecular Hbond substituents is 1. The van der Waals surface area contributed by atoms with Crippen LogP contribution >= 0.6 is 0 Å². The summed E-state index contributed by atoms with van der Waals surface area (Å²) in [6, 6.07) is 3.79. The van der Waals surface area contributed by atoms with Crippen molar-refractivity contribution in [3.8, 4) is 17.6 Å². The fourth-order valence-electron chi connectivity index (χ4n) is 4.93. The topological polar surface area (TPSA) is 112 Å². The van der Waals surface area contributed by atoms with E-state index in [1.165, 1.54) is 19.2 Å². The number of nitrogens with zero attached hydrogens (tertiary/aromatic N) is 3. The number of rotatable bonds is 6. The predicted molar refractivity (Wildman–Crippen MR) is 145 cm³/mol. The molecule has 14 heteroatoms. The van der Waals surface area contributed by atoms with E-state index in [0.29, 0.717) is 6.54 Å². The van der Waals surface area contributed by atoms with E-state index in [1.54, 1.807) is 14.0 Å². The molecule has 4 rings (SSSR count). The number of nitrogens with one attached hydrogen (secondary N) is 3. The molecule has 2 aromatic carbocycles. The number of aromatic nitrogens is 2. The first-order chi connectivity index (χ1) is 19.8. The molecule has 0 unspecified atom stereocenters. The Morgan fingerprint density at radius 2 is 1.88 bits per heavy atom.